The number of hydrogen-bond donors (Lipinski definition) is 0. The van der Waals surface area contributed by atoms with Crippen LogP contribution in [0.3, 0.4) is 0 Å². The van der Waals surface area contributed by atoms with Gasteiger partial charge in [0, 0.05) is 31.3 Å². The van der Waals surface area contributed by atoms with E-state index in [4.69, 9.17) is 0 Å². The Hall–Kier alpha value is -2.61. The molecule has 1 aromatic heterocycles. The van der Waals surface area contributed by atoms with Crippen molar-refractivity contribution in [3.63, 3.8) is 0 Å². The number of hydrogen-bond acceptors (Lipinski definition) is 1. The molecule has 0 fully saturated rings. The van der Waals surface area contributed by atoms with Crippen molar-refractivity contribution >= 4 is 0 Å². The van der Waals surface area contributed by atoms with Crippen LogP contribution in [0.15, 0.2) is 71.9 Å². The van der Waals surface area contributed by atoms with E-state index < -0.39 is 0 Å². The predicted molar refractivity (Wildman–Crippen MR) is 110 cm³/mol. The zero-order valence-corrected chi connectivity index (χ0v) is 16.2. The first-order valence-corrected chi connectivity index (χ1v) is 9.43. The summed E-state index contributed by atoms with van der Waals surface area (Å²) < 4.78 is 2.23. The van der Waals surface area contributed by atoms with E-state index in [0.717, 1.165) is 18.5 Å². The van der Waals surface area contributed by atoms with Gasteiger partial charge >= 0.3 is 0 Å². The largest absolute Gasteiger partial charge is 0.333 e. The third-order valence-electron chi connectivity index (χ3n) is 5.02. The molecule has 0 amide bonds. The normalized spacial score (nSPS) is 13.0. The van der Waals surface area contributed by atoms with Crippen LogP contribution < -0.4 is 5.49 Å². The van der Waals surface area contributed by atoms with Crippen LogP contribution in [0.1, 0.15) is 42.9 Å². The highest BCUT2D eigenvalue weighted by Gasteiger charge is 2.09. The van der Waals surface area contributed by atoms with Gasteiger partial charge in [-0.05, 0) is 42.2 Å². The van der Waals surface area contributed by atoms with Crippen molar-refractivity contribution in [1.82, 2.24) is 4.57 Å². The quantitative estimate of drug-likeness (QED) is 0.577. The smallest absolute Gasteiger partial charge is 0.135 e. The number of rotatable bonds is 5. The van der Waals surface area contributed by atoms with E-state index in [0.29, 0.717) is 5.92 Å². The first kappa shape index (κ1) is 18.2. The second-order valence-electron chi connectivity index (χ2n) is 6.92. The third kappa shape index (κ3) is 3.80. The number of aromatic nitrogens is 1. The first-order valence-electron chi connectivity index (χ1n) is 9.43. The molecule has 26 heavy (non-hydrogen) atoms. The highest BCUT2D eigenvalue weighted by molar-refractivity contribution is 5.62. The van der Waals surface area contributed by atoms with E-state index in [1.165, 1.54) is 27.8 Å². The summed E-state index contributed by atoms with van der Waals surface area (Å²) in [6, 6.07) is 22.0. The Bertz CT molecular complexity index is 916. The Labute approximate surface area is 156 Å². The van der Waals surface area contributed by atoms with Gasteiger partial charge in [0.05, 0.1) is 0 Å². The molecule has 0 saturated carbocycles. The maximum Gasteiger partial charge on any atom is 0.135 e. The molecule has 0 saturated heterocycles. The second-order valence-corrected chi connectivity index (χ2v) is 6.92. The van der Waals surface area contributed by atoms with Crippen molar-refractivity contribution in [1.29, 1.82) is 0 Å². The fourth-order valence-electron chi connectivity index (χ4n) is 3.44. The summed E-state index contributed by atoms with van der Waals surface area (Å²) in [7, 11) is 1.87. The molecule has 0 radical (unpaired) electrons. The summed E-state index contributed by atoms with van der Waals surface area (Å²) in [6.07, 6.45) is 3.22. The fraction of sp³-hybridized carbons (Fsp3) is 0.292. The Morgan fingerprint density at radius 2 is 1.54 bits per heavy atom. The highest BCUT2D eigenvalue weighted by Crippen LogP contribution is 2.26. The fourth-order valence-corrected chi connectivity index (χ4v) is 3.44. The first-order chi connectivity index (χ1) is 12.6. The molecule has 0 aliphatic heterocycles. The average molecular weight is 345 g/mol. The van der Waals surface area contributed by atoms with Crippen LogP contribution >= 0.6 is 0 Å². The van der Waals surface area contributed by atoms with Crippen LogP contribution in [0.4, 0.5) is 0 Å². The summed E-state index contributed by atoms with van der Waals surface area (Å²) in [5.74, 6) is 0.390. The predicted octanol–water partition coefficient (Wildman–Crippen LogP) is 5.56. The van der Waals surface area contributed by atoms with Gasteiger partial charge in [-0.15, -0.1) is 0 Å². The van der Waals surface area contributed by atoms with Gasteiger partial charge in [-0.1, -0.05) is 67.9 Å². The van der Waals surface area contributed by atoms with Crippen molar-refractivity contribution in [2.45, 2.75) is 39.7 Å². The van der Waals surface area contributed by atoms with Crippen molar-refractivity contribution in [3.05, 3.63) is 89.0 Å². The minimum atomic E-state index is 0.390. The molecule has 3 rings (SSSR count). The lowest BCUT2D eigenvalue weighted by Gasteiger charge is -2.14. The maximum absolute atomic E-state index is 4.54. The van der Waals surface area contributed by atoms with Gasteiger partial charge in [0.1, 0.15) is 5.49 Å². The molecule has 3 aromatic rings. The molecule has 2 aromatic carbocycles. The molecule has 1 atom stereocenters. The van der Waals surface area contributed by atoms with Gasteiger partial charge in [0.25, 0.3) is 0 Å². The molecule has 0 aliphatic rings. The number of pyridine rings is 1. The Morgan fingerprint density at radius 3 is 2.12 bits per heavy atom. The van der Waals surface area contributed by atoms with Crippen LogP contribution in [0.25, 0.3) is 11.1 Å². The minimum Gasteiger partial charge on any atom is -0.333 e. The number of aryl methyl sites for hydroxylation is 2. The molecule has 1 heterocycles. The molecule has 0 N–H and O–H groups in total. The summed E-state index contributed by atoms with van der Waals surface area (Å²) in [5, 5.41) is 0. The van der Waals surface area contributed by atoms with Gasteiger partial charge in [0.15, 0.2) is 0 Å². The van der Waals surface area contributed by atoms with Gasteiger partial charge in [-0.3, -0.25) is 4.99 Å². The van der Waals surface area contributed by atoms with Gasteiger partial charge < -0.3 is 4.57 Å². The SMILES string of the molecule is CCCn1cccc(-c2ccc(C(C)c3ccc(C)cc3)cc2)c1=NC. The van der Waals surface area contributed by atoms with Crippen LogP contribution in [-0.2, 0) is 6.54 Å². The molecule has 134 valence electrons. The third-order valence-corrected chi connectivity index (χ3v) is 5.02. The molecular weight excluding hydrogens is 316 g/mol. The minimum absolute atomic E-state index is 0.390. The van der Waals surface area contributed by atoms with Gasteiger partial charge in [0.2, 0.25) is 0 Å². The molecule has 1 unspecified atom stereocenters. The molecule has 2 heteroatoms. The lowest BCUT2D eigenvalue weighted by molar-refractivity contribution is 0.644. The van der Waals surface area contributed by atoms with Crippen molar-refractivity contribution in [2.24, 2.45) is 4.99 Å². The van der Waals surface area contributed by atoms with Crippen LogP contribution in [0.2, 0.25) is 0 Å². The van der Waals surface area contributed by atoms with Gasteiger partial charge in [-0.25, -0.2) is 0 Å². The van der Waals surface area contributed by atoms with Crippen LogP contribution in [0.5, 0.6) is 0 Å². The summed E-state index contributed by atoms with van der Waals surface area (Å²) in [5.41, 5.74) is 7.46. The monoisotopic (exact) mass is 344 g/mol. The summed E-state index contributed by atoms with van der Waals surface area (Å²) in [6.45, 7) is 7.58. The van der Waals surface area contributed by atoms with Gasteiger partial charge in [-0.2, -0.15) is 0 Å². The van der Waals surface area contributed by atoms with Crippen molar-refractivity contribution < 1.29 is 0 Å². The lowest BCUT2D eigenvalue weighted by Crippen LogP contribution is -2.22. The summed E-state index contributed by atoms with van der Waals surface area (Å²) in [4.78, 5) is 4.54. The summed E-state index contributed by atoms with van der Waals surface area (Å²) >= 11 is 0. The lowest BCUT2D eigenvalue weighted by atomic mass is 9.91. The van der Waals surface area contributed by atoms with E-state index in [2.05, 4.69) is 97.2 Å². The topological polar surface area (TPSA) is 17.3 Å². The standard InChI is InChI=1S/C24H28N2/c1-5-16-26-17-6-7-23(24(26)25-4)22-14-12-21(13-15-22)19(3)20-10-8-18(2)9-11-20/h6-15,17,19H,5,16H2,1-4H3. The van der Waals surface area contributed by atoms with Crippen LogP contribution in [0, 0.1) is 6.92 Å². The number of nitrogens with zero attached hydrogens (tertiary/aromatic N) is 2. The Balaban J connectivity index is 1.93. The van der Waals surface area contributed by atoms with E-state index in [1.807, 2.05) is 7.05 Å². The van der Waals surface area contributed by atoms with E-state index in [1.54, 1.807) is 0 Å². The van der Waals surface area contributed by atoms with E-state index in [-0.39, 0.29) is 0 Å². The zero-order valence-electron chi connectivity index (χ0n) is 16.2. The second kappa shape index (κ2) is 8.18. The Kier molecular flexibility index (Phi) is 5.72. The van der Waals surface area contributed by atoms with E-state index in [9.17, 15) is 0 Å². The Morgan fingerprint density at radius 1 is 0.923 bits per heavy atom. The van der Waals surface area contributed by atoms with Crippen molar-refractivity contribution in [3.8, 4) is 11.1 Å². The molecule has 0 spiro atoms. The molecule has 0 aliphatic carbocycles. The van der Waals surface area contributed by atoms with E-state index >= 15 is 0 Å². The maximum atomic E-state index is 4.54. The molecule has 0 bridgehead atoms. The van der Waals surface area contributed by atoms with Crippen LogP contribution in [-0.4, -0.2) is 11.6 Å². The number of benzene rings is 2. The molecule has 2 nitrogen and oxygen atoms in total. The average Bonchev–Trinajstić information content (AvgIpc) is 2.68. The molecular formula is C24H28N2. The highest BCUT2D eigenvalue weighted by atomic mass is 15.0. The van der Waals surface area contributed by atoms with Crippen molar-refractivity contribution in [2.75, 3.05) is 7.05 Å². The zero-order chi connectivity index (χ0) is 18.5.